The zero-order valence-corrected chi connectivity index (χ0v) is 11.6. The molecule has 0 saturated heterocycles. The van der Waals surface area contributed by atoms with Crippen molar-refractivity contribution in [3.63, 3.8) is 0 Å². The van der Waals surface area contributed by atoms with Crippen molar-refractivity contribution in [3.8, 4) is 0 Å². The van der Waals surface area contributed by atoms with Gasteiger partial charge in [0.2, 0.25) is 5.91 Å². The number of carbonyl (C=O) groups excluding carboxylic acids is 1. The van der Waals surface area contributed by atoms with E-state index in [1.807, 2.05) is 0 Å². The Morgan fingerprint density at radius 3 is 3.00 bits per heavy atom. The van der Waals surface area contributed by atoms with Crippen molar-refractivity contribution in [1.82, 2.24) is 5.32 Å². The Balaban J connectivity index is 2.87. The summed E-state index contributed by atoms with van der Waals surface area (Å²) in [4.78, 5) is 14.0. The molecule has 0 fully saturated rings. The van der Waals surface area contributed by atoms with E-state index in [0.717, 1.165) is 4.47 Å². The van der Waals surface area contributed by atoms with E-state index in [4.69, 9.17) is 22.9 Å². The topological polar surface area (TPSA) is 104 Å². The maximum Gasteiger partial charge on any atom is 0.239 e. The van der Waals surface area contributed by atoms with E-state index >= 15 is 0 Å². The summed E-state index contributed by atoms with van der Waals surface area (Å²) in [5, 5.41) is 6.70. The first-order valence-corrected chi connectivity index (χ1v) is 6.22. The lowest BCUT2D eigenvalue weighted by Gasteiger charge is -2.16. The molecule has 0 spiro atoms. The fraction of sp³-hybridized carbons (Fsp3) is 0.300. The third-order valence-corrected chi connectivity index (χ3v) is 3.01. The van der Waals surface area contributed by atoms with Gasteiger partial charge < -0.3 is 11.1 Å². The van der Waals surface area contributed by atoms with Crippen LogP contribution in [0.25, 0.3) is 10.4 Å². The summed E-state index contributed by atoms with van der Waals surface area (Å²) in [6, 6.07) is 4.44. The SMILES string of the molecule is [N-]=[N+]=NCCNC(C(N)=O)c1cc(Br)ccc1Cl. The first-order valence-electron chi connectivity index (χ1n) is 5.04. The first kappa shape index (κ1) is 14.8. The van der Waals surface area contributed by atoms with Crippen molar-refractivity contribution in [2.75, 3.05) is 13.1 Å². The zero-order chi connectivity index (χ0) is 13.5. The van der Waals surface area contributed by atoms with Gasteiger partial charge in [0.05, 0.1) is 0 Å². The molecule has 1 amide bonds. The van der Waals surface area contributed by atoms with E-state index < -0.39 is 11.9 Å². The Bertz CT molecular complexity index is 489. The third-order valence-electron chi connectivity index (χ3n) is 2.18. The predicted molar refractivity (Wildman–Crippen MR) is 73.1 cm³/mol. The number of nitrogens with one attached hydrogen (secondary N) is 1. The molecular weight excluding hydrogens is 322 g/mol. The summed E-state index contributed by atoms with van der Waals surface area (Å²) in [6.45, 7) is 0.562. The van der Waals surface area contributed by atoms with Crippen molar-refractivity contribution in [2.45, 2.75) is 6.04 Å². The fourth-order valence-electron chi connectivity index (χ4n) is 1.40. The Hall–Kier alpha value is -1.27. The second-order valence-corrected chi connectivity index (χ2v) is 4.73. The predicted octanol–water partition coefficient (Wildman–Crippen LogP) is 2.53. The lowest BCUT2D eigenvalue weighted by atomic mass is 10.1. The maximum atomic E-state index is 11.4. The molecule has 1 unspecified atom stereocenters. The summed E-state index contributed by atoms with van der Waals surface area (Å²) in [5.74, 6) is -0.545. The van der Waals surface area contributed by atoms with Gasteiger partial charge >= 0.3 is 0 Å². The number of benzene rings is 1. The van der Waals surface area contributed by atoms with E-state index in [9.17, 15) is 4.79 Å². The zero-order valence-electron chi connectivity index (χ0n) is 9.31. The highest BCUT2D eigenvalue weighted by molar-refractivity contribution is 9.10. The molecule has 0 aliphatic heterocycles. The van der Waals surface area contributed by atoms with Gasteiger partial charge in [0, 0.05) is 27.5 Å². The molecule has 1 aromatic carbocycles. The van der Waals surface area contributed by atoms with Gasteiger partial charge in [-0.25, -0.2) is 0 Å². The second-order valence-electron chi connectivity index (χ2n) is 3.41. The first-order chi connectivity index (χ1) is 8.56. The molecular formula is C10H11BrClN5O. The van der Waals surface area contributed by atoms with Gasteiger partial charge in [0.1, 0.15) is 6.04 Å². The lowest BCUT2D eigenvalue weighted by molar-refractivity contribution is -0.120. The molecule has 96 valence electrons. The van der Waals surface area contributed by atoms with Crippen LogP contribution in [0.3, 0.4) is 0 Å². The largest absolute Gasteiger partial charge is 0.368 e. The van der Waals surface area contributed by atoms with Gasteiger partial charge in [-0.05, 0) is 29.3 Å². The minimum absolute atomic E-state index is 0.228. The number of nitrogens with zero attached hydrogens (tertiary/aromatic N) is 3. The summed E-state index contributed by atoms with van der Waals surface area (Å²) in [6.07, 6.45) is 0. The van der Waals surface area contributed by atoms with Gasteiger partial charge in [0.25, 0.3) is 0 Å². The van der Waals surface area contributed by atoms with E-state index in [0.29, 0.717) is 17.1 Å². The Labute approximate surface area is 117 Å². The van der Waals surface area contributed by atoms with Crippen molar-refractivity contribution in [1.29, 1.82) is 0 Å². The lowest BCUT2D eigenvalue weighted by Crippen LogP contribution is -2.35. The van der Waals surface area contributed by atoms with Crippen LogP contribution in [0.4, 0.5) is 0 Å². The number of halogens is 2. The van der Waals surface area contributed by atoms with Crippen LogP contribution in [0.1, 0.15) is 11.6 Å². The highest BCUT2D eigenvalue weighted by Crippen LogP contribution is 2.26. The van der Waals surface area contributed by atoms with Gasteiger partial charge in [-0.2, -0.15) is 0 Å². The quantitative estimate of drug-likeness (QED) is 0.362. The Morgan fingerprint density at radius 1 is 1.67 bits per heavy atom. The van der Waals surface area contributed by atoms with Crippen LogP contribution in [-0.4, -0.2) is 19.0 Å². The van der Waals surface area contributed by atoms with Crippen LogP contribution in [0, 0.1) is 0 Å². The van der Waals surface area contributed by atoms with Crippen LogP contribution in [0.5, 0.6) is 0 Å². The standard InChI is InChI=1S/C10H11BrClN5O/c11-6-1-2-8(12)7(5-6)9(10(13)18)15-3-4-16-17-14/h1-2,5,9,15H,3-4H2,(H2,13,18). The maximum absolute atomic E-state index is 11.4. The fourth-order valence-corrected chi connectivity index (χ4v) is 2.01. The molecule has 0 aliphatic rings. The molecule has 1 rings (SSSR count). The van der Waals surface area contributed by atoms with Gasteiger partial charge in [-0.3, -0.25) is 4.79 Å². The van der Waals surface area contributed by atoms with Crippen molar-refractivity contribution >= 4 is 33.4 Å². The minimum Gasteiger partial charge on any atom is -0.368 e. The molecule has 0 radical (unpaired) electrons. The average molecular weight is 333 g/mol. The molecule has 0 bridgehead atoms. The normalized spacial score (nSPS) is 11.7. The van der Waals surface area contributed by atoms with E-state index in [1.165, 1.54) is 0 Å². The number of hydrogen-bond acceptors (Lipinski definition) is 3. The Morgan fingerprint density at radius 2 is 2.39 bits per heavy atom. The summed E-state index contributed by atoms with van der Waals surface area (Å²) in [5.41, 5.74) is 14.1. The second kappa shape index (κ2) is 7.23. The van der Waals surface area contributed by atoms with E-state index in [-0.39, 0.29) is 6.54 Å². The summed E-state index contributed by atoms with van der Waals surface area (Å²) >= 11 is 9.33. The van der Waals surface area contributed by atoms with Gasteiger partial charge in [0.15, 0.2) is 0 Å². The number of amides is 1. The monoisotopic (exact) mass is 331 g/mol. The number of nitrogens with two attached hydrogens (primary N) is 1. The van der Waals surface area contributed by atoms with Crippen LogP contribution >= 0.6 is 27.5 Å². The smallest absolute Gasteiger partial charge is 0.239 e. The van der Waals surface area contributed by atoms with Gasteiger partial charge in [-0.1, -0.05) is 32.6 Å². The number of carbonyl (C=O) groups is 1. The molecule has 1 atom stereocenters. The van der Waals surface area contributed by atoms with Crippen LogP contribution in [0.15, 0.2) is 27.8 Å². The van der Waals surface area contributed by atoms with Crippen molar-refractivity contribution in [2.24, 2.45) is 10.8 Å². The summed E-state index contributed by atoms with van der Waals surface area (Å²) in [7, 11) is 0. The highest BCUT2D eigenvalue weighted by atomic mass is 79.9. The summed E-state index contributed by atoms with van der Waals surface area (Å²) < 4.78 is 0.796. The van der Waals surface area contributed by atoms with Crippen molar-refractivity contribution < 1.29 is 4.79 Å². The van der Waals surface area contributed by atoms with E-state index in [2.05, 4.69) is 31.3 Å². The number of hydrogen-bond donors (Lipinski definition) is 2. The molecule has 0 saturated carbocycles. The molecule has 18 heavy (non-hydrogen) atoms. The van der Waals surface area contributed by atoms with Gasteiger partial charge in [-0.15, -0.1) is 0 Å². The molecule has 0 aliphatic carbocycles. The minimum atomic E-state index is -0.719. The molecule has 3 N–H and O–H groups in total. The molecule has 1 aromatic rings. The Kier molecular flexibility index (Phi) is 5.94. The number of azide groups is 1. The average Bonchev–Trinajstić information content (AvgIpc) is 2.32. The van der Waals surface area contributed by atoms with Crippen LogP contribution < -0.4 is 11.1 Å². The van der Waals surface area contributed by atoms with Crippen LogP contribution in [0.2, 0.25) is 5.02 Å². The van der Waals surface area contributed by atoms with Crippen LogP contribution in [-0.2, 0) is 4.79 Å². The highest BCUT2D eigenvalue weighted by Gasteiger charge is 2.19. The number of primary amides is 1. The third kappa shape index (κ3) is 4.19. The van der Waals surface area contributed by atoms with E-state index in [1.54, 1.807) is 18.2 Å². The van der Waals surface area contributed by atoms with Crippen molar-refractivity contribution in [3.05, 3.63) is 43.7 Å². The molecule has 0 aromatic heterocycles. The molecule has 6 nitrogen and oxygen atoms in total. The molecule has 0 heterocycles. The number of rotatable bonds is 6. The molecule has 8 heteroatoms.